The number of aromatic nitrogens is 2. The van der Waals surface area contributed by atoms with Gasteiger partial charge in [-0.1, -0.05) is 0 Å². The SMILES string of the molecule is N[C@H](CO)c1nc(N2CCOCC2)no1. The van der Waals surface area contributed by atoms with Crippen molar-refractivity contribution in [2.24, 2.45) is 5.73 Å². The summed E-state index contributed by atoms with van der Waals surface area (Å²) in [4.78, 5) is 6.07. The number of nitrogens with two attached hydrogens (primary N) is 1. The molecule has 1 atom stereocenters. The number of morpholine rings is 1. The van der Waals surface area contributed by atoms with Gasteiger partial charge in [0.25, 0.3) is 5.95 Å². The van der Waals surface area contributed by atoms with Crippen LogP contribution in [-0.2, 0) is 4.74 Å². The molecule has 1 aliphatic rings. The molecule has 0 amide bonds. The van der Waals surface area contributed by atoms with E-state index in [2.05, 4.69) is 10.1 Å². The summed E-state index contributed by atoms with van der Waals surface area (Å²) in [7, 11) is 0. The molecule has 7 nitrogen and oxygen atoms in total. The van der Waals surface area contributed by atoms with Gasteiger partial charge in [-0.15, -0.1) is 0 Å². The molecule has 0 spiro atoms. The van der Waals surface area contributed by atoms with Crippen LogP contribution in [-0.4, -0.2) is 48.2 Å². The Hall–Kier alpha value is -1.18. The minimum Gasteiger partial charge on any atom is -0.394 e. The lowest BCUT2D eigenvalue weighted by Gasteiger charge is -2.24. The first kappa shape index (κ1) is 10.3. The predicted molar refractivity (Wildman–Crippen MR) is 51.3 cm³/mol. The van der Waals surface area contributed by atoms with Crippen molar-refractivity contribution in [1.82, 2.24) is 10.1 Å². The lowest BCUT2D eigenvalue weighted by atomic mass is 10.3. The third-order valence-electron chi connectivity index (χ3n) is 2.24. The number of anilines is 1. The van der Waals surface area contributed by atoms with E-state index in [-0.39, 0.29) is 12.5 Å². The average molecular weight is 214 g/mol. The van der Waals surface area contributed by atoms with Crippen molar-refractivity contribution in [2.75, 3.05) is 37.8 Å². The Kier molecular flexibility index (Phi) is 3.14. The quantitative estimate of drug-likeness (QED) is 0.658. The molecule has 1 aliphatic heterocycles. The predicted octanol–water partition coefficient (Wildman–Crippen LogP) is -1.10. The van der Waals surface area contributed by atoms with E-state index in [1.807, 2.05) is 4.90 Å². The first-order valence-electron chi connectivity index (χ1n) is 4.84. The van der Waals surface area contributed by atoms with Gasteiger partial charge in [0.2, 0.25) is 5.89 Å². The van der Waals surface area contributed by atoms with Gasteiger partial charge in [-0.2, -0.15) is 4.98 Å². The number of rotatable bonds is 3. The van der Waals surface area contributed by atoms with Gasteiger partial charge in [0.1, 0.15) is 6.04 Å². The summed E-state index contributed by atoms with van der Waals surface area (Å²) in [6.45, 7) is 2.61. The number of hydrogen-bond donors (Lipinski definition) is 2. The molecule has 1 aromatic heterocycles. The Morgan fingerprint density at radius 2 is 2.20 bits per heavy atom. The second-order valence-electron chi connectivity index (χ2n) is 3.32. The summed E-state index contributed by atoms with van der Waals surface area (Å²) in [5, 5.41) is 12.6. The molecule has 7 heteroatoms. The lowest BCUT2D eigenvalue weighted by Crippen LogP contribution is -2.36. The van der Waals surface area contributed by atoms with Gasteiger partial charge in [0, 0.05) is 13.1 Å². The van der Waals surface area contributed by atoms with Crippen molar-refractivity contribution in [2.45, 2.75) is 6.04 Å². The highest BCUT2D eigenvalue weighted by Crippen LogP contribution is 2.14. The van der Waals surface area contributed by atoms with E-state index < -0.39 is 6.04 Å². The van der Waals surface area contributed by atoms with Crippen LogP contribution in [0.15, 0.2) is 4.52 Å². The summed E-state index contributed by atoms with van der Waals surface area (Å²) in [5.41, 5.74) is 5.55. The fraction of sp³-hybridized carbons (Fsp3) is 0.750. The number of ether oxygens (including phenoxy) is 1. The molecular formula is C8H14N4O3. The summed E-state index contributed by atoms with van der Waals surface area (Å²) >= 11 is 0. The van der Waals surface area contributed by atoms with Crippen LogP contribution in [0.4, 0.5) is 5.95 Å². The number of hydrogen-bond acceptors (Lipinski definition) is 7. The minimum atomic E-state index is -0.604. The van der Waals surface area contributed by atoms with Crippen molar-refractivity contribution in [1.29, 1.82) is 0 Å². The normalized spacial score (nSPS) is 19.2. The van der Waals surface area contributed by atoms with Gasteiger partial charge in [0.05, 0.1) is 19.8 Å². The Labute approximate surface area is 86.8 Å². The van der Waals surface area contributed by atoms with E-state index >= 15 is 0 Å². The molecular weight excluding hydrogens is 200 g/mol. The largest absolute Gasteiger partial charge is 0.394 e. The summed E-state index contributed by atoms with van der Waals surface area (Å²) < 4.78 is 10.1. The Balaban J connectivity index is 2.05. The van der Waals surface area contributed by atoms with Crippen molar-refractivity contribution in [3.8, 4) is 0 Å². The first-order valence-corrected chi connectivity index (χ1v) is 4.84. The molecule has 15 heavy (non-hydrogen) atoms. The van der Waals surface area contributed by atoms with E-state index in [9.17, 15) is 0 Å². The van der Waals surface area contributed by atoms with Gasteiger partial charge < -0.3 is 25.0 Å². The maximum absolute atomic E-state index is 8.82. The number of aliphatic hydroxyl groups is 1. The molecule has 0 unspecified atom stereocenters. The van der Waals surface area contributed by atoms with Crippen LogP contribution in [0, 0.1) is 0 Å². The molecule has 0 aromatic carbocycles. The van der Waals surface area contributed by atoms with Gasteiger partial charge in [-0.05, 0) is 5.16 Å². The maximum Gasteiger partial charge on any atom is 0.266 e. The highest BCUT2D eigenvalue weighted by atomic mass is 16.5. The van der Waals surface area contributed by atoms with Crippen molar-refractivity contribution < 1.29 is 14.4 Å². The smallest absolute Gasteiger partial charge is 0.266 e. The Morgan fingerprint density at radius 1 is 1.47 bits per heavy atom. The van der Waals surface area contributed by atoms with Crippen LogP contribution in [0.1, 0.15) is 11.9 Å². The first-order chi connectivity index (χ1) is 7.31. The van der Waals surface area contributed by atoms with Crippen LogP contribution >= 0.6 is 0 Å². The van der Waals surface area contributed by atoms with Crippen LogP contribution < -0.4 is 10.6 Å². The maximum atomic E-state index is 8.82. The molecule has 84 valence electrons. The second-order valence-corrected chi connectivity index (χ2v) is 3.32. The monoisotopic (exact) mass is 214 g/mol. The molecule has 0 aliphatic carbocycles. The minimum absolute atomic E-state index is 0.204. The zero-order valence-electron chi connectivity index (χ0n) is 8.30. The summed E-state index contributed by atoms with van der Waals surface area (Å²) in [6.07, 6.45) is 0. The van der Waals surface area contributed by atoms with Crippen LogP contribution in [0.2, 0.25) is 0 Å². The van der Waals surface area contributed by atoms with E-state index in [1.54, 1.807) is 0 Å². The van der Waals surface area contributed by atoms with E-state index in [4.69, 9.17) is 20.1 Å². The van der Waals surface area contributed by atoms with E-state index in [1.165, 1.54) is 0 Å². The molecule has 2 heterocycles. The highest BCUT2D eigenvalue weighted by Gasteiger charge is 2.19. The summed E-state index contributed by atoms with van der Waals surface area (Å²) in [6, 6.07) is -0.604. The average Bonchev–Trinajstić information content (AvgIpc) is 2.78. The van der Waals surface area contributed by atoms with Crippen LogP contribution in [0.5, 0.6) is 0 Å². The van der Waals surface area contributed by atoms with Gasteiger partial charge in [0.15, 0.2) is 0 Å². The number of nitrogens with zero attached hydrogens (tertiary/aromatic N) is 3. The van der Waals surface area contributed by atoms with Gasteiger partial charge >= 0.3 is 0 Å². The number of aliphatic hydroxyl groups excluding tert-OH is 1. The molecule has 1 fully saturated rings. The van der Waals surface area contributed by atoms with Crippen molar-refractivity contribution >= 4 is 5.95 Å². The second kappa shape index (κ2) is 4.56. The topological polar surface area (TPSA) is 97.6 Å². The molecule has 2 rings (SSSR count). The van der Waals surface area contributed by atoms with Gasteiger partial charge in [-0.25, -0.2) is 0 Å². The van der Waals surface area contributed by atoms with Crippen molar-refractivity contribution in [3.63, 3.8) is 0 Å². The van der Waals surface area contributed by atoms with Crippen LogP contribution in [0.3, 0.4) is 0 Å². The zero-order chi connectivity index (χ0) is 10.7. The fourth-order valence-electron chi connectivity index (χ4n) is 1.35. The molecule has 0 saturated carbocycles. The Bertz CT molecular complexity index is 311. The molecule has 1 aromatic rings. The Morgan fingerprint density at radius 3 is 2.87 bits per heavy atom. The third kappa shape index (κ3) is 2.25. The third-order valence-corrected chi connectivity index (χ3v) is 2.24. The summed E-state index contributed by atoms with van der Waals surface area (Å²) in [5.74, 6) is 0.774. The molecule has 3 N–H and O–H groups in total. The highest BCUT2D eigenvalue weighted by molar-refractivity contribution is 5.28. The standard InChI is InChI=1S/C8H14N4O3/c9-6(5-13)7-10-8(11-15-7)12-1-3-14-4-2-12/h6,13H,1-5,9H2/t6-/m1/s1. The zero-order valence-corrected chi connectivity index (χ0v) is 8.30. The van der Waals surface area contributed by atoms with Crippen molar-refractivity contribution in [3.05, 3.63) is 5.89 Å². The van der Waals surface area contributed by atoms with E-state index in [0.717, 1.165) is 13.1 Å². The van der Waals surface area contributed by atoms with E-state index in [0.29, 0.717) is 19.2 Å². The fourth-order valence-corrected chi connectivity index (χ4v) is 1.35. The molecule has 1 saturated heterocycles. The molecule has 0 radical (unpaired) electrons. The van der Waals surface area contributed by atoms with Gasteiger partial charge in [-0.3, -0.25) is 0 Å². The lowest BCUT2D eigenvalue weighted by molar-refractivity contribution is 0.121. The molecule has 0 bridgehead atoms. The van der Waals surface area contributed by atoms with Crippen LogP contribution in [0.25, 0.3) is 0 Å².